The maximum absolute atomic E-state index is 11.9. The molecule has 6 heteroatoms. The number of nitrogens with one attached hydrogen (secondary N) is 1. The van der Waals surface area contributed by atoms with Crippen LogP contribution in [-0.4, -0.2) is 41.3 Å². The molecule has 1 aliphatic rings. The summed E-state index contributed by atoms with van der Waals surface area (Å²) in [6.45, 7) is 1.47. The van der Waals surface area contributed by atoms with Gasteiger partial charge in [0.2, 0.25) is 11.8 Å². The smallest absolute Gasteiger partial charge is 0.241 e. The lowest BCUT2D eigenvalue weighted by Crippen LogP contribution is -2.36. The molecule has 1 heterocycles. The van der Waals surface area contributed by atoms with Crippen molar-refractivity contribution in [3.05, 3.63) is 29.8 Å². The van der Waals surface area contributed by atoms with Gasteiger partial charge in [-0.05, 0) is 42.5 Å². The Morgan fingerprint density at radius 1 is 1.41 bits per heavy atom. The number of likely N-dealkylation sites (tertiary alicyclic amines) is 1. The molecule has 3 N–H and O–H groups in total. The highest BCUT2D eigenvalue weighted by Crippen LogP contribution is 2.16. The van der Waals surface area contributed by atoms with Gasteiger partial charge in [0.05, 0.1) is 6.04 Å². The van der Waals surface area contributed by atoms with Crippen molar-refractivity contribution in [3.63, 3.8) is 0 Å². The molecule has 2 amide bonds. The van der Waals surface area contributed by atoms with Crippen LogP contribution in [0.2, 0.25) is 0 Å². The average molecular weight is 321 g/mol. The summed E-state index contributed by atoms with van der Waals surface area (Å²) in [5, 5.41) is 2.83. The normalized spacial score (nSPS) is 15.9. The van der Waals surface area contributed by atoms with Crippen LogP contribution in [0.15, 0.2) is 24.3 Å². The van der Waals surface area contributed by atoms with E-state index in [-0.39, 0.29) is 11.8 Å². The highest BCUT2D eigenvalue weighted by molar-refractivity contribution is 7.98. The lowest BCUT2D eigenvalue weighted by atomic mass is 10.1. The summed E-state index contributed by atoms with van der Waals surface area (Å²) in [7, 11) is 0. The van der Waals surface area contributed by atoms with Crippen LogP contribution in [0, 0.1) is 0 Å². The maximum Gasteiger partial charge on any atom is 0.241 e. The third kappa shape index (κ3) is 4.74. The molecule has 0 saturated carbocycles. The molecule has 0 unspecified atom stereocenters. The van der Waals surface area contributed by atoms with Gasteiger partial charge in [-0.2, -0.15) is 11.8 Å². The Bertz CT molecular complexity index is 519. The van der Waals surface area contributed by atoms with Crippen LogP contribution in [0.3, 0.4) is 0 Å². The van der Waals surface area contributed by atoms with E-state index < -0.39 is 6.04 Å². The summed E-state index contributed by atoms with van der Waals surface area (Å²) in [5.74, 6) is 0.936. The van der Waals surface area contributed by atoms with Crippen LogP contribution >= 0.6 is 11.8 Å². The van der Waals surface area contributed by atoms with E-state index in [2.05, 4.69) is 5.32 Å². The Labute approximate surface area is 135 Å². The fourth-order valence-electron chi connectivity index (χ4n) is 2.40. The van der Waals surface area contributed by atoms with Crippen molar-refractivity contribution in [1.29, 1.82) is 0 Å². The molecule has 1 aromatic carbocycles. The van der Waals surface area contributed by atoms with E-state index >= 15 is 0 Å². The molecular formula is C16H23N3O2S. The maximum atomic E-state index is 11.9. The minimum atomic E-state index is -0.477. The first-order valence-electron chi connectivity index (χ1n) is 7.52. The fourth-order valence-corrected chi connectivity index (χ4v) is 2.89. The van der Waals surface area contributed by atoms with Gasteiger partial charge in [-0.1, -0.05) is 12.1 Å². The van der Waals surface area contributed by atoms with Crippen LogP contribution < -0.4 is 11.1 Å². The highest BCUT2D eigenvalue weighted by Gasteiger charge is 2.20. The second kappa shape index (κ2) is 8.19. The van der Waals surface area contributed by atoms with E-state index in [1.165, 1.54) is 0 Å². The Balaban J connectivity index is 1.86. The Kier molecular flexibility index (Phi) is 6.27. The van der Waals surface area contributed by atoms with Crippen molar-refractivity contribution in [3.8, 4) is 0 Å². The van der Waals surface area contributed by atoms with Crippen LogP contribution in [0.1, 0.15) is 24.8 Å². The Morgan fingerprint density at radius 2 is 2.14 bits per heavy atom. The minimum Gasteiger partial charge on any atom is -0.338 e. The molecule has 2 rings (SSSR count). The number of benzene rings is 1. The molecule has 1 saturated heterocycles. The predicted octanol–water partition coefficient (Wildman–Crippen LogP) is 1.83. The van der Waals surface area contributed by atoms with E-state index in [1.807, 2.05) is 35.4 Å². The molecule has 0 radical (unpaired) electrons. The van der Waals surface area contributed by atoms with E-state index in [0.717, 1.165) is 30.0 Å². The van der Waals surface area contributed by atoms with E-state index in [9.17, 15) is 9.59 Å². The quantitative estimate of drug-likeness (QED) is 0.803. The van der Waals surface area contributed by atoms with Gasteiger partial charge in [0, 0.05) is 25.2 Å². The molecule has 1 aromatic rings. The minimum absolute atomic E-state index is 0.156. The first-order chi connectivity index (χ1) is 10.6. The van der Waals surface area contributed by atoms with Gasteiger partial charge in [-0.15, -0.1) is 0 Å². The third-order valence-electron chi connectivity index (χ3n) is 3.74. The van der Waals surface area contributed by atoms with Gasteiger partial charge in [-0.25, -0.2) is 0 Å². The van der Waals surface area contributed by atoms with E-state index in [0.29, 0.717) is 19.4 Å². The summed E-state index contributed by atoms with van der Waals surface area (Å²) in [6.07, 6.45) is 4.26. The van der Waals surface area contributed by atoms with Gasteiger partial charge in [0.1, 0.15) is 0 Å². The second-order valence-electron chi connectivity index (χ2n) is 5.49. The summed E-state index contributed by atoms with van der Waals surface area (Å²) < 4.78 is 0. The lowest BCUT2D eigenvalue weighted by molar-refractivity contribution is -0.128. The Hall–Kier alpha value is -1.53. The van der Waals surface area contributed by atoms with Gasteiger partial charge in [-0.3, -0.25) is 9.59 Å². The summed E-state index contributed by atoms with van der Waals surface area (Å²) in [5.41, 5.74) is 7.64. The van der Waals surface area contributed by atoms with Crippen LogP contribution in [0.25, 0.3) is 0 Å². The molecule has 1 aliphatic heterocycles. The number of hydrogen-bond acceptors (Lipinski definition) is 4. The highest BCUT2D eigenvalue weighted by atomic mass is 32.2. The summed E-state index contributed by atoms with van der Waals surface area (Å²) in [4.78, 5) is 25.4. The monoisotopic (exact) mass is 321 g/mol. The van der Waals surface area contributed by atoms with Gasteiger partial charge in [0.25, 0.3) is 0 Å². The second-order valence-corrected chi connectivity index (χ2v) is 6.48. The number of rotatable bonds is 7. The third-order valence-corrected chi connectivity index (χ3v) is 4.38. The number of carbonyl (C=O) groups is 2. The predicted molar refractivity (Wildman–Crippen MR) is 90.7 cm³/mol. The number of amides is 2. The number of hydrogen-bond donors (Lipinski definition) is 2. The zero-order valence-corrected chi connectivity index (χ0v) is 13.7. The molecule has 1 fully saturated rings. The summed E-state index contributed by atoms with van der Waals surface area (Å²) in [6, 6.07) is 7.11. The molecule has 0 aromatic heterocycles. The number of nitrogens with two attached hydrogens (primary N) is 1. The van der Waals surface area contributed by atoms with Crippen molar-refractivity contribution in [2.24, 2.45) is 5.73 Å². The number of thioether (sulfide) groups is 1. The average Bonchev–Trinajstić information content (AvgIpc) is 2.92. The molecule has 22 heavy (non-hydrogen) atoms. The van der Waals surface area contributed by atoms with Crippen molar-refractivity contribution >= 4 is 29.3 Å². The number of carbonyl (C=O) groups excluding carboxylic acids is 2. The zero-order valence-electron chi connectivity index (χ0n) is 12.9. The number of nitrogens with zero attached hydrogens (tertiary/aromatic N) is 1. The molecule has 1 atom stereocenters. The lowest BCUT2D eigenvalue weighted by Gasteiger charge is -2.16. The number of anilines is 1. The van der Waals surface area contributed by atoms with Crippen LogP contribution in [-0.2, 0) is 16.1 Å². The first-order valence-corrected chi connectivity index (χ1v) is 8.91. The molecular weight excluding hydrogens is 298 g/mol. The standard InChI is InChI=1S/C16H23N3O2S/c1-22-10-8-14(17)16(21)18-13-6-4-12(5-7-13)11-19-9-2-3-15(19)20/h4-7,14H,2-3,8-11,17H2,1H3,(H,18,21)/t14-/m0/s1. The van der Waals surface area contributed by atoms with Crippen molar-refractivity contribution in [2.45, 2.75) is 31.8 Å². The van der Waals surface area contributed by atoms with E-state index in [1.54, 1.807) is 11.8 Å². The molecule has 120 valence electrons. The Morgan fingerprint density at radius 3 is 2.73 bits per heavy atom. The van der Waals surface area contributed by atoms with Gasteiger partial charge in [0.15, 0.2) is 0 Å². The largest absolute Gasteiger partial charge is 0.338 e. The topological polar surface area (TPSA) is 75.4 Å². The molecule has 5 nitrogen and oxygen atoms in total. The van der Waals surface area contributed by atoms with Crippen molar-refractivity contribution < 1.29 is 9.59 Å². The molecule has 0 spiro atoms. The van der Waals surface area contributed by atoms with Crippen LogP contribution in [0.4, 0.5) is 5.69 Å². The van der Waals surface area contributed by atoms with Crippen LogP contribution in [0.5, 0.6) is 0 Å². The summed E-state index contributed by atoms with van der Waals surface area (Å²) >= 11 is 1.68. The van der Waals surface area contributed by atoms with Crippen molar-refractivity contribution in [2.75, 3.05) is 23.9 Å². The van der Waals surface area contributed by atoms with Crippen molar-refractivity contribution in [1.82, 2.24) is 4.90 Å². The molecule has 0 bridgehead atoms. The van der Waals surface area contributed by atoms with Gasteiger partial charge >= 0.3 is 0 Å². The zero-order chi connectivity index (χ0) is 15.9. The van der Waals surface area contributed by atoms with E-state index in [4.69, 9.17) is 5.73 Å². The SMILES string of the molecule is CSCC[C@H](N)C(=O)Nc1ccc(CN2CCCC2=O)cc1. The fraction of sp³-hybridized carbons (Fsp3) is 0.500. The first kappa shape index (κ1) is 16.8. The molecule has 0 aliphatic carbocycles. The van der Waals surface area contributed by atoms with Gasteiger partial charge < -0.3 is 16.0 Å².